The van der Waals surface area contributed by atoms with E-state index in [0.717, 1.165) is 22.5 Å². The molecular weight excluding hydrogens is 342 g/mol. The Kier molecular flexibility index (Phi) is 5.21. The van der Waals surface area contributed by atoms with Gasteiger partial charge in [0.2, 0.25) is 0 Å². The molecule has 7 heteroatoms. The molecule has 0 bridgehead atoms. The zero-order valence-electron chi connectivity index (χ0n) is 16.0. The summed E-state index contributed by atoms with van der Waals surface area (Å²) in [6.45, 7) is 8.40. The van der Waals surface area contributed by atoms with Crippen LogP contribution in [0.1, 0.15) is 32.9 Å². The number of aryl methyl sites for hydroxylation is 4. The molecule has 1 amide bonds. The number of aromatic nitrogens is 4. The first-order valence-corrected chi connectivity index (χ1v) is 8.82. The topological polar surface area (TPSA) is 81.8 Å². The summed E-state index contributed by atoms with van der Waals surface area (Å²) in [6, 6.07) is 10.6. The number of carbonyl (C=O) groups is 1. The van der Waals surface area contributed by atoms with Gasteiger partial charge in [-0.2, -0.15) is 5.10 Å². The van der Waals surface area contributed by atoms with Crippen LogP contribution in [-0.4, -0.2) is 32.0 Å². The van der Waals surface area contributed by atoms with Gasteiger partial charge in [-0.25, -0.2) is 9.36 Å². The van der Waals surface area contributed by atoms with Crippen molar-refractivity contribution in [2.45, 2.75) is 34.2 Å². The van der Waals surface area contributed by atoms with Gasteiger partial charge in [0, 0.05) is 23.9 Å². The van der Waals surface area contributed by atoms with E-state index in [0.29, 0.717) is 17.9 Å². The summed E-state index contributed by atoms with van der Waals surface area (Å²) < 4.78 is 3.03. The van der Waals surface area contributed by atoms with Crippen molar-refractivity contribution in [1.29, 1.82) is 0 Å². The zero-order chi connectivity index (χ0) is 19.6. The van der Waals surface area contributed by atoms with Crippen molar-refractivity contribution in [1.82, 2.24) is 24.9 Å². The first-order valence-electron chi connectivity index (χ1n) is 8.82. The summed E-state index contributed by atoms with van der Waals surface area (Å²) in [7, 11) is 0. The fraction of sp³-hybridized carbons (Fsp3) is 0.300. The second kappa shape index (κ2) is 7.57. The molecule has 3 rings (SSSR count). The van der Waals surface area contributed by atoms with E-state index >= 15 is 0 Å². The van der Waals surface area contributed by atoms with E-state index in [9.17, 15) is 9.59 Å². The lowest BCUT2D eigenvalue weighted by Crippen LogP contribution is -2.32. The normalized spacial score (nSPS) is 10.8. The number of nitrogens with zero attached hydrogens (tertiary/aromatic N) is 4. The molecule has 1 aromatic carbocycles. The maximum Gasteiger partial charge on any atom is 0.266 e. The average Bonchev–Trinajstić information content (AvgIpc) is 2.97. The first-order chi connectivity index (χ1) is 12.8. The number of hydrogen-bond donors (Lipinski definition) is 1. The van der Waals surface area contributed by atoms with Crippen molar-refractivity contribution >= 4 is 5.91 Å². The van der Waals surface area contributed by atoms with Crippen LogP contribution >= 0.6 is 0 Å². The molecule has 27 heavy (non-hydrogen) atoms. The smallest absolute Gasteiger partial charge is 0.266 e. The number of carbonyl (C=O) groups excluding carboxylic acids is 1. The summed E-state index contributed by atoms with van der Waals surface area (Å²) in [4.78, 5) is 24.4. The monoisotopic (exact) mass is 365 g/mol. The molecule has 0 aliphatic heterocycles. The molecule has 0 spiro atoms. The summed E-state index contributed by atoms with van der Waals surface area (Å²) >= 11 is 0. The van der Waals surface area contributed by atoms with Gasteiger partial charge in [-0.05, 0) is 63.1 Å². The molecule has 0 saturated carbocycles. The first kappa shape index (κ1) is 18.6. The minimum absolute atomic E-state index is 0.166. The van der Waals surface area contributed by atoms with E-state index in [1.54, 1.807) is 16.8 Å². The number of benzene rings is 1. The van der Waals surface area contributed by atoms with Gasteiger partial charge < -0.3 is 5.32 Å². The molecule has 140 valence electrons. The standard InChI is InChI=1S/C20H23N5O2/c1-13-5-6-17(11-14(13)2)20(27)21-9-10-24-19(26)8-7-18(23-24)25-16(4)12-15(3)22-25/h5-8,11-12H,9-10H2,1-4H3,(H,21,27). The highest BCUT2D eigenvalue weighted by Crippen LogP contribution is 2.10. The second-order valence-corrected chi connectivity index (χ2v) is 6.65. The lowest BCUT2D eigenvalue weighted by molar-refractivity contribution is 0.0951. The largest absolute Gasteiger partial charge is 0.350 e. The molecule has 0 atom stereocenters. The fourth-order valence-corrected chi connectivity index (χ4v) is 2.83. The second-order valence-electron chi connectivity index (χ2n) is 6.65. The van der Waals surface area contributed by atoms with Crippen molar-refractivity contribution in [3.8, 4) is 5.82 Å². The summed E-state index contributed by atoms with van der Waals surface area (Å²) in [5.74, 6) is 0.404. The molecule has 2 aromatic heterocycles. The Balaban J connectivity index is 1.70. The van der Waals surface area contributed by atoms with Gasteiger partial charge in [0.05, 0.1) is 12.2 Å². The van der Waals surface area contributed by atoms with Crippen molar-refractivity contribution in [2.24, 2.45) is 0 Å². The summed E-state index contributed by atoms with van der Waals surface area (Å²) in [5.41, 5.74) is 4.41. The predicted octanol–water partition coefficient (Wildman–Crippen LogP) is 2.09. The Bertz CT molecular complexity index is 1050. The lowest BCUT2D eigenvalue weighted by atomic mass is 10.1. The highest BCUT2D eigenvalue weighted by Gasteiger charge is 2.09. The van der Waals surface area contributed by atoms with Gasteiger partial charge >= 0.3 is 0 Å². The van der Waals surface area contributed by atoms with E-state index in [-0.39, 0.29) is 18.0 Å². The maximum atomic E-state index is 12.3. The minimum atomic E-state index is -0.222. The Labute approximate surface area is 157 Å². The van der Waals surface area contributed by atoms with E-state index in [2.05, 4.69) is 15.5 Å². The quantitative estimate of drug-likeness (QED) is 0.751. The van der Waals surface area contributed by atoms with E-state index in [1.165, 1.54) is 10.7 Å². The van der Waals surface area contributed by atoms with Crippen LogP contribution in [0.4, 0.5) is 0 Å². The van der Waals surface area contributed by atoms with Gasteiger partial charge in [0.15, 0.2) is 5.82 Å². The lowest BCUT2D eigenvalue weighted by Gasteiger charge is -2.10. The van der Waals surface area contributed by atoms with Crippen LogP contribution in [0.25, 0.3) is 5.82 Å². The molecule has 0 unspecified atom stereocenters. The summed E-state index contributed by atoms with van der Waals surface area (Å²) in [5, 5.41) is 11.6. The Morgan fingerprint density at radius 1 is 1.00 bits per heavy atom. The zero-order valence-corrected chi connectivity index (χ0v) is 16.0. The van der Waals surface area contributed by atoms with Crippen molar-refractivity contribution in [3.63, 3.8) is 0 Å². The number of hydrogen-bond acceptors (Lipinski definition) is 4. The van der Waals surface area contributed by atoms with Gasteiger partial charge in [0.1, 0.15) is 0 Å². The van der Waals surface area contributed by atoms with Crippen LogP contribution in [0.5, 0.6) is 0 Å². The average molecular weight is 365 g/mol. The van der Waals surface area contributed by atoms with E-state index in [4.69, 9.17) is 0 Å². The number of amides is 1. The van der Waals surface area contributed by atoms with Crippen LogP contribution in [0.3, 0.4) is 0 Å². The van der Waals surface area contributed by atoms with Crippen molar-refractivity contribution in [3.05, 3.63) is 74.8 Å². The molecular formula is C20H23N5O2. The SMILES string of the molecule is Cc1cc(C)n(-c2ccc(=O)n(CCNC(=O)c3ccc(C)c(C)c3)n2)n1. The Morgan fingerprint density at radius 3 is 2.44 bits per heavy atom. The van der Waals surface area contributed by atoms with Crippen molar-refractivity contribution in [2.75, 3.05) is 6.54 Å². The molecule has 2 heterocycles. The number of nitrogens with one attached hydrogen (secondary N) is 1. The molecule has 1 N–H and O–H groups in total. The molecule has 0 fully saturated rings. The molecule has 0 radical (unpaired) electrons. The van der Waals surface area contributed by atoms with Crippen LogP contribution < -0.4 is 10.9 Å². The molecule has 0 aliphatic rings. The molecule has 0 saturated heterocycles. The third-order valence-corrected chi connectivity index (χ3v) is 4.46. The van der Waals surface area contributed by atoms with Gasteiger partial charge in [-0.1, -0.05) is 6.07 Å². The maximum absolute atomic E-state index is 12.3. The fourth-order valence-electron chi connectivity index (χ4n) is 2.83. The third kappa shape index (κ3) is 4.13. The summed E-state index contributed by atoms with van der Waals surface area (Å²) in [6.07, 6.45) is 0. The molecule has 0 aliphatic carbocycles. The Hall–Kier alpha value is -3.22. The minimum Gasteiger partial charge on any atom is -0.350 e. The highest BCUT2D eigenvalue weighted by atomic mass is 16.2. The van der Waals surface area contributed by atoms with Gasteiger partial charge in [0.25, 0.3) is 11.5 Å². The predicted molar refractivity (Wildman–Crippen MR) is 103 cm³/mol. The van der Waals surface area contributed by atoms with E-state index < -0.39 is 0 Å². The van der Waals surface area contributed by atoms with Crippen LogP contribution in [0, 0.1) is 27.7 Å². The van der Waals surface area contributed by atoms with E-state index in [1.807, 2.05) is 45.9 Å². The Morgan fingerprint density at radius 2 is 1.78 bits per heavy atom. The van der Waals surface area contributed by atoms with Crippen molar-refractivity contribution < 1.29 is 4.79 Å². The van der Waals surface area contributed by atoms with Gasteiger partial charge in [-0.3, -0.25) is 9.59 Å². The van der Waals surface area contributed by atoms with Crippen LogP contribution in [0.15, 0.2) is 41.2 Å². The van der Waals surface area contributed by atoms with Crippen LogP contribution in [-0.2, 0) is 6.54 Å². The third-order valence-electron chi connectivity index (χ3n) is 4.46. The van der Waals surface area contributed by atoms with Crippen LogP contribution in [0.2, 0.25) is 0 Å². The number of rotatable bonds is 5. The highest BCUT2D eigenvalue weighted by molar-refractivity contribution is 5.94. The molecule has 7 nitrogen and oxygen atoms in total. The van der Waals surface area contributed by atoms with Gasteiger partial charge in [-0.15, -0.1) is 5.10 Å². The molecule has 3 aromatic rings.